The maximum absolute atomic E-state index is 14.3. The largest absolute Gasteiger partial charge is 0.338 e. The van der Waals surface area contributed by atoms with E-state index in [0.29, 0.717) is 0 Å². The number of nitrogens with zero attached hydrogens (tertiary/aromatic N) is 4. The first kappa shape index (κ1) is 26.6. The second-order valence-electron chi connectivity index (χ2n) is 12.2. The lowest BCUT2D eigenvalue weighted by Crippen LogP contribution is -2.22. The molecule has 10 rings (SSSR count). The van der Waals surface area contributed by atoms with Crippen LogP contribution in [0.5, 0.6) is 0 Å². The van der Waals surface area contributed by atoms with Crippen LogP contribution < -0.4 is 5.69 Å². The summed E-state index contributed by atoms with van der Waals surface area (Å²) >= 11 is 0. The minimum absolute atomic E-state index is 0.106. The number of para-hydroxylation sites is 6. The molecule has 48 heavy (non-hydrogen) atoms. The predicted molar refractivity (Wildman–Crippen MR) is 198 cm³/mol. The van der Waals surface area contributed by atoms with Crippen molar-refractivity contribution in [1.82, 2.24) is 18.3 Å². The molecule has 0 fully saturated rings. The van der Waals surface area contributed by atoms with Gasteiger partial charge in [-0.2, -0.15) is 0 Å². The zero-order valence-corrected chi connectivity index (χ0v) is 25.9. The Morgan fingerprint density at radius 2 is 0.479 bits per heavy atom. The van der Waals surface area contributed by atoms with E-state index >= 15 is 0 Å². The highest BCUT2D eigenvalue weighted by Gasteiger charge is 2.18. The fraction of sp³-hybridized carbons (Fsp3) is 0. The van der Waals surface area contributed by atoms with Crippen LogP contribution >= 0.6 is 0 Å². The molecule has 0 saturated heterocycles. The average molecular weight is 617 g/mol. The zero-order chi connectivity index (χ0) is 31.8. The molecule has 0 aliphatic rings. The molecule has 0 spiro atoms. The van der Waals surface area contributed by atoms with E-state index < -0.39 is 0 Å². The first-order valence-electron chi connectivity index (χ1n) is 16.2. The molecule has 226 valence electrons. The highest BCUT2D eigenvalue weighted by Crippen LogP contribution is 2.34. The number of hydrogen-bond donors (Lipinski definition) is 0. The Morgan fingerprint density at radius 3 is 0.771 bits per heavy atom. The first-order chi connectivity index (χ1) is 23.8. The molecular formula is C43H28N4O. The zero-order valence-electron chi connectivity index (χ0n) is 25.9. The molecule has 0 atom stereocenters. The monoisotopic (exact) mass is 616 g/mol. The lowest BCUT2D eigenvalue weighted by Gasteiger charge is -2.10. The summed E-state index contributed by atoms with van der Waals surface area (Å²) in [5.74, 6) is 0. The van der Waals surface area contributed by atoms with Gasteiger partial charge >= 0.3 is 5.69 Å². The van der Waals surface area contributed by atoms with Gasteiger partial charge in [0.2, 0.25) is 0 Å². The smallest absolute Gasteiger partial charge is 0.309 e. The van der Waals surface area contributed by atoms with Gasteiger partial charge in [-0.25, -0.2) is 4.79 Å². The topological polar surface area (TPSA) is 36.8 Å². The molecule has 0 aliphatic carbocycles. The Balaban J connectivity index is 1.09. The van der Waals surface area contributed by atoms with E-state index in [1.807, 2.05) is 57.7 Å². The fourth-order valence-corrected chi connectivity index (χ4v) is 7.55. The highest BCUT2D eigenvalue weighted by molar-refractivity contribution is 6.10. The van der Waals surface area contributed by atoms with E-state index in [1.165, 1.54) is 21.5 Å². The molecular weight excluding hydrogens is 589 g/mol. The van der Waals surface area contributed by atoms with Gasteiger partial charge in [-0.05, 0) is 84.9 Å². The lowest BCUT2D eigenvalue weighted by atomic mass is 10.2. The molecule has 0 N–H and O–H groups in total. The predicted octanol–water partition coefficient (Wildman–Crippen LogP) is 9.98. The van der Waals surface area contributed by atoms with Crippen molar-refractivity contribution in [2.75, 3.05) is 0 Å². The molecule has 10 aromatic rings. The van der Waals surface area contributed by atoms with Crippen LogP contribution in [-0.2, 0) is 0 Å². The quantitative estimate of drug-likeness (QED) is 0.194. The Hall–Kier alpha value is -6.59. The summed E-state index contributed by atoms with van der Waals surface area (Å²) in [6.45, 7) is 0. The van der Waals surface area contributed by atoms with Gasteiger partial charge in [0, 0.05) is 32.9 Å². The molecule has 3 heterocycles. The fourth-order valence-electron chi connectivity index (χ4n) is 7.55. The van der Waals surface area contributed by atoms with E-state index in [0.717, 1.165) is 55.8 Å². The molecule has 0 bridgehead atoms. The molecule has 0 radical (unpaired) electrons. The van der Waals surface area contributed by atoms with Gasteiger partial charge < -0.3 is 9.13 Å². The van der Waals surface area contributed by atoms with Crippen molar-refractivity contribution in [1.29, 1.82) is 0 Å². The molecule has 0 aliphatic heterocycles. The summed E-state index contributed by atoms with van der Waals surface area (Å²) in [6.07, 6.45) is 0. The van der Waals surface area contributed by atoms with Crippen LogP contribution in [-0.4, -0.2) is 18.3 Å². The van der Waals surface area contributed by atoms with Crippen LogP contribution in [0.4, 0.5) is 0 Å². The van der Waals surface area contributed by atoms with Gasteiger partial charge in [-0.1, -0.05) is 84.9 Å². The molecule has 0 saturated carbocycles. The van der Waals surface area contributed by atoms with Crippen LogP contribution in [0.2, 0.25) is 0 Å². The van der Waals surface area contributed by atoms with Crippen molar-refractivity contribution in [2.45, 2.75) is 0 Å². The Bertz CT molecular complexity index is 2600. The number of aromatic nitrogens is 4. The minimum Gasteiger partial charge on any atom is -0.309 e. The van der Waals surface area contributed by atoms with Crippen molar-refractivity contribution in [2.24, 2.45) is 0 Å². The summed E-state index contributed by atoms with van der Waals surface area (Å²) in [7, 11) is 0. The average Bonchev–Trinajstić information content (AvgIpc) is 3.77. The first-order valence-corrected chi connectivity index (χ1v) is 16.2. The van der Waals surface area contributed by atoms with Gasteiger partial charge in [-0.3, -0.25) is 9.13 Å². The third-order valence-electron chi connectivity index (χ3n) is 9.64. The van der Waals surface area contributed by atoms with E-state index in [-0.39, 0.29) is 5.69 Å². The minimum atomic E-state index is -0.106. The van der Waals surface area contributed by atoms with Crippen molar-refractivity contribution >= 4 is 54.6 Å². The summed E-state index contributed by atoms with van der Waals surface area (Å²) < 4.78 is 8.20. The SMILES string of the molecule is O=c1n(-c2ccc(-n3c4ccccc4c4ccccc43)cc2)c2ccccc2n1-c1ccc(-n2c3ccccc3c3ccccc32)cc1. The third kappa shape index (κ3) is 3.76. The van der Waals surface area contributed by atoms with Crippen LogP contribution in [0, 0.1) is 0 Å². The Kier molecular flexibility index (Phi) is 5.66. The van der Waals surface area contributed by atoms with Gasteiger partial charge in [-0.15, -0.1) is 0 Å². The van der Waals surface area contributed by atoms with Crippen LogP contribution in [0.1, 0.15) is 0 Å². The number of rotatable bonds is 4. The standard InChI is InChI=1S/C43H28N4O/c48-43-46(31-25-21-29(22-26-31)44-37-15-5-1-11-33(37)34-12-2-6-16-38(34)44)41-19-9-10-20-42(41)47(43)32-27-23-30(24-28-32)45-39-17-7-3-13-35(39)36-14-4-8-18-40(36)45/h1-28H. The number of fused-ring (bicyclic) bond motifs is 7. The van der Waals surface area contributed by atoms with E-state index in [4.69, 9.17) is 0 Å². The molecule has 0 amide bonds. The number of benzene rings is 7. The van der Waals surface area contributed by atoms with Crippen LogP contribution in [0.15, 0.2) is 175 Å². The Morgan fingerprint density at radius 1 is 0.250 bits per heavy atom. The summed E-state index contributed by atoms with van der Waals surface area (Å²) in [6, 6.07) is 58.6. The van der Waals surface area contributed by atoms with Gasteiger partial charge in [0.25, 0.3) is 0 Å². The van der Waals surface area contributed by atoms with Crippen molar-refractivity contribution in [3.63, 3.8) is 0 Å². The van der Waals surface area contributed by atoms with Crippen LogP contribution in [0.3, 0.4) is 0 Å². The number of hydrogen-bond acceptors (Lipinski definition) is 1. The number of imidazole rings is 1. The molecule has 0 unspecified atom stereocenters. The normalized spacial score (nSPS) is 11.8. The maximum Gasteiger partial charge on any atom is 0.338 e. The van der Waals surface area contributed by atoms with Crippen molar-refractivity contribution in [3.8, 4) is 22.7 Å². The summed E-state index contributed by atoms with van der Waals surface area (Å²) in [5.41, 5.74) is 9.98. The maximum atomic E-state index is 14.3. The molecule has 3 aromatic heterocycles. The molecule has 5 nitrogen and oxygen atoms in total. The van der Waals surface area contributed by atoms with Crippen molar-refractivity contribution in [3.05, 3.63) is 180 Å². The third-order valence-corrected chi connectivity index (χ3v) is 9.64. The highest BCUT2D eigenvalue weighted by atomic mass is 16.1. The second kappa shape index (κ2) is 10.2. The van der Waals surface area contributed by atoms with Gasteiger partial charge in [0.1, 0.15) is 0 Å². The Labute approximate surface area is 275 Å². The summed E-state index contributed by atoms with van der Waals surface area (Å²) in [4.78, 5) is 14.3. The van der Waals surface area contributed by atoms with E-state index in [9.17, 15) is 4.79 Å². The van der Waals surface area contributed by atoms with Crippen molar-refractivity contribution < 1.29 is 0 Å². The van der Waals surface area contributed by atoms with Gasteiger partial charge in [0.15, 0.2) is 0 Å². The summed E-state index contributed by atoms with van der Waals surface area (Å²) in [5, 5.41) is 4.89. The second-order valence-corrected chi connectivity index (χ2v) is 12.2. The van der Waals surface area contributed by atoms with E-state index in [1.54, 1.807) is 0 Å². The van der Waals surface area contributed by atoms with Crippen LogP contribution in [0.25, 0.3) is 77.4 Å². The molecule has 7 aromatic carbocycles. The lowest BCUT2D eigenvalue weighted by molar-refractivity contribution is 0.929. The van der Waals surface area contributed by atoms with Gasteiger partial charge in [0.05, 0.1) is 44.5 Å². The molecule has 5 heteroatoms. The van der Waals surface area contributed by atoms with E-state index in [2.05, 4.69) is 130 Å².